The Hall–Kier alpha value is -1.38. The molecule has 1 amide bonds. The maximum absolute atomic E-state index is 10.3. The third-order valence-electron chi connectivity index (χ3n) is 0.925. The Labute approximate surface area is 72.9 Å². The summed E-state index contributed by atoms with van der Waals surface area (Å²) in [4.78, 5) is 19.8. The van der Waals surface area contributed by atoms with Crippen molar-refractivity contribution in [1.29, 1.82) is 0 Å². The van der Waals surface area contributed by atoms with Crippen LogP contribution in [0.5, 0.6) is 0 Å². The summed E-state index contributed by atoms with van der Waals surface area (Å²) >= 11 is 0. The molecule has 0 unspecified atom stereocenters. The molecule has 0 rings (SSSR count). The van der Waals surface area contributed by atoms with Gasteiger partial charge in [-0.25, -0.2) is 0 Å². The summed E-state index contributed by atoms with van der Waals surface area (Å²) in [5.41, 5.74) is 4.53. The lowest BCUT2D eigenvalue weighted by Crippen LogP contribution is -2.04. The number of hydrogen-bond acceptors (Lipinski definition) is 2. The molecule has 0 aliphatic rings. The minimum atomic E-state index is -0.481. The van der Waals surface area contributed by atoms with Gasteiger partial charge in [0.15, 0.2) is 5.78 Å². The Balaban J connectivity index is 0. The molecule has 2 N–H and O–H groups in total. The summed E-state index contributed by atoms with van der Waals surface area (Å²) in [5.74, 6) is -0.340. The standard InChI is InChI=1S/C6H10O.C3H5NO/c1-3-5-6(7)4-2;1-2-3(4)5/h4H,2-3,5H2,1H3;2H,1H2,(H2,4,5). The Morgan fingerprint density at radius 1 is 1.33 bits per heavy atom. The van der Waals surface area contributed by atoms with Gasteiger partial charge in [0.05, 0.1) is 0 Å². The second-order valence-electron chi connectivity index (χ2n) is 2.03. The number of primary amides is 1. The van der Waals surface area contributed by atoms with Crippen molar-refractivity contribution in [2.24, 2.45) is 5.73 Å². The van der Waals surface area contributed by atoms with E-state index in [1.54, 1.807) is 0 Å². The van der Waals surface area contributed by atoms with E-state index in [2.05, 4.69) is 18.9 Å². The van der Waals surface area contributed by atoms with Gasteiger partial charge in [-0.2, -0.15) is 0 Å². The van der Waals surface area contributed by atoms with Crippen LogP contribution in [0, 0.1) is 0 Å². The van der Waals surface area contributed by atoms with Gasteiger partial charge in [-0.3, -0.25) is 9.59 Å². The van der Waals surface area contributed by atoms with Gasteiger partial charge in [0.1, 0.15) is 0 Å². The Kier molecular flexibility index (Phi) is 10.6. The molecule has 0 aromatic carbocycles. The van der Waals surface area contributed by atoms with E-state index in [4.69, 9.17) is 0 Å². The zero-order valence-corrected chi connectivity index (χ0v) is 7.38. The van der Waals surface area contributed by atoms with Crippen LogP contribution in [0.4, 0.5) is 0 Å². The first kappa shape index (κ1) is 13.2. The Morgan fingerprint density at radius 2 is 1.75 bits per heavy atom. The van der Waals surface area contributed by atoms with Gasteiger partial charge in [0.25, 0.3) is 0 Å². The zero-order valence-electron chi connectivity index (χ0n) is 7.38. The number of ketones is 1. The molecule has 0 aliphatic heterocycles. The SMILES string of the molecule is C=CC(=O)CCC.C=CC(N)=O. The lowest BCUT2D eigenvalue weighted by atomic mass is 10.2. The van der Waals surface area contributed by atoms with Crippen LogP contribution in [0.25, 0.3) is 0 Å². The average molecular weight is 169 g/mol. The zero-order chi connectivity index (χ0) is 9.98. The molecular weight excluding hydrogens is 154 g/mol. The minimum absolute atomic E-state index is 0.141. The maximum atomic E-state index is 10.3. The monoisotopic (exact) mass is 169 g/mol. The summed E-state index contributed by atoms with van der Waals surface area (Å²) in [7, 11) is 0. The van der Waals surface area contributed by atoms with Crippen molar-refractivity contribution in [1.82, 2.24) is 0 Å². The highest BCUT2D eigenvalue weighted by molar-refractivity contribution is 5.88. The van der Waals surface area contributed by atoms with Crippen molar-refractivity contribution in [3.05, 3.63) is 25.3 Å². The molecule has 0 radical (unpaired) electrons. The molecule has 0 saturated heterocycles. The van der Waals surface area contributed by atoms with E-state index in [0.717, 1.165) is 12.5 Å². The van der Waals surface area contributed by atoms with Crippen LogP contribution in [0.1, 0.15) is 19.8 Å². The van der Waals surface area contributed by atoms with Crippen molar-refractivity contribution in [2.75, 3.05) is 0 Å². The number of nitrogens with two attached hydrogens (primary N) is 1. The number of carbonyl (C=O) groups is 2. The summed E-state index contributed by atoms with van der Waals surface area (Å²) in [5, 5.41) is 0. The number of hydrogen-bond donors (Lipinski definition) is 1. The average Bonchev–Trinajstić information content (AvgIpc) is 2.06. The van der Waals surface area contributed by atoms with E-state index in [1.165, 1.54) is 6.08 Å². The number of amides is 1. The van der Waals surface area contributed by atoms with E-state index in [-0.39, 0.29) is 5.78 Å². The lowest BCUT2D eigenvalue weighted by Gasteiger charge is -1.82. The predicted octanol–water partition coefficient (Wildman–Crippen LogP) is 1.20. The number of allylic oxidation sites excluding steroid dienone is 1. The van der Waals surface area contributed by atoms with Crippen molar-refractivity contribution >= 4 is 11.7 Å². The van der Waals surface area contributed by atoms with Gasteiger partial charge in [0.2, 0.25) is 5.91 Å². The van der Waals surface area contributed by atoms with E-state index < -0.39 is 5.91 Å². The van der Waals surface area contributed by atoms with Gasteiger partial charge >= 0.3 is 0 Å². The molecule has 0 aromatic heterocycles. The van der Waals surface area contributed by atoms with Gasteiger partial charge in [0, 0.05) is 6.42 Å². The predicted molar refractivity (Wildman–Crippen MR) is 49.5 cm³/mol. The first-order valence-electron chi connectivity index (χ1n) is 3.65. The molecule has 3 nitrogen and oxygen atoms in total. The van der Waals surface area contributed by atoms with E-state index in [9.17, 15) is 9.59 Å². The fraction of sp³-hybridized carbons (Fsp3) is 0.333. The Morgan fingerprint density at radius 3 is 1.83 bits per heavy atom. The van der Waals surface area contributed by atoms with Crippen molar-refractivity contribution < 1.29 is 9.59 Å². The van der Waals surface area contributed by atoms with Gasteiger partial charge in [-0.1, -0.05) is 20.1 Å². The fourth-order valence-corrected chi connectivity index (χ4v) is 0.348. The summed E-state index contributed by atoms with van der Waals surface area (Å²) < 4.78 is 0. The number of carbonyl (C=O) groups excluding carboxylic acids is 2. The highest BCUT2D eigenvalue weighted by Crippen LogP contribution is 1.87. The highest BCUT2D eigenvalue weighted by atomic mass is 16.1. The molecule has 0 aliphatic carbocycles. The molecule has 0 saturated carbocycles. The molecule has 12 heavy (non-hydrogen) atoms. The van der Waals surface area contributed by atoms with Gasteiger partial charge < -0.3 is 5.73 Å². The molecule has 0 aromatic rings. The van der Waals surface area contributed by atoms with Crippen LogP contribution < -0.4 is 5.73 Å². The van der Waals surface area contributed by atoms with Crippen molar-refractivity contribution in [2.45, 2.75) is 19.8 Å². The van der Waals surface area contributed by atoms with Gasteiger partial charge in [-0.05, 0) is 18.6 Å². The van der Waals surface area contributed by atoms with Crippen LogP contribution in [0.2, 0.25) is 0 Å². The van der Waals surface area contributed by atoms with Crippen LogP contribution in [0.15, 0.2) is 25.3 Å². The first-order chi connectivity index (χ1) is 5.58. The highest BCUT2D eigenvalue weighted by Gasteiger charge is 1.87. The smallest absolute Gasteiger partial charge is 0.240 e. The van der Waals surface area contributed by atoms with Crippen LogP contribution in [-0.2, 0) is 9.59 Å². The Bertz CT molecular complexity index is 173. The summed E-state index contributed by atoms with van der Waals surface area (Å²) in [6, 6.07) is 0. The van der Waals surface area contributed by atoms with Gasteiger partial charge in [-0.15, -0.1) is 0 Å². The molecule has 0 heterocycles. The molecule has 0 spiro atoms. The van der Waals surface area contributed by atoms with Crippen LogP contribution in [0.3, 0.4) is 0 Å². The second kappa shape index (κ2) is 9.62. The topological polar surface area (TPSA) is 60.2 Å². The quantitative estimate of drug-likeness (QED) is 0.643. The van der Waals surface area contributed by atoms with Crippen LogP contribution >= 0.6 is 0 Å². The lowest BCUT2D eigenvalue weighted by molar-refractivity contribution is -0.115. The summed E-state index contributed by atoms with van der Waals surface area (Å²) in [6.45, 7) is 8.39. The molecule has 3 heteroatoms. The molecule has 0 fully saturated rings. The van der Waals surface area contributed by atoms with E-state index in [0.29, 0.717) is 6.42 Å². The minimum Gasteiger partial charge on any atom is -0.366 e. The van der Waals surface area contributed by atoms with Crippen LogP contribution in [-0.4, -0.2) is 11.7 Å². The first-order valence-corrected chi connectivity index (χ1v) is 3.65. The molecular formula is C9H15NO2. The molecule has 68 valence electrons. The van der Waals surface area contributed by atoms with Crippen molar-refractivity contribution in [3.8, 4) is 0 Å². The van der Waals surface area contributed by atoms with E-state index in [1.807, 2.05) is 6.92 Å². The van der Waals surface area contributed by atoms with Crippen molar-refractivity contribution in [3.63, 3.8) is 0 Å². The summed E-state index contributed by atoms with van der Waals surface area (Å²) in [6.07, 6.45) is 3.98. The third kappa shape index (κ3) is 15.8. The molecule has 0 atom stereocenters. The second-order valence-corrected chi connectivity index (χ2v) is 2.03. The third-order valence-corrected chi connectivity index (χ3v) is 0.925. The number of rotatable bonds is 4. The van der Waals surface area contributed by atoms with E-state index >= 15 is 0 Å². The largest absolute Gasteiger partial charge is 0.366 e. The maximum Gasteiger partial charge on any atom is 0.240 e. The molecule has 0 bridgehead atoms. The fourth-order valence-electron chi connectivity index (χ4n) is 0.348. The normalized spacial score (nSPS) is 7.42.